The summed E-state index contributed by atoms with van der Waals surface area (Å²) < 4.78 is 15.6. The highest BCUT2D eigenvalue weighted by atomic mass is 16.5. The number of furan rings is 1. The second kappa shape index (κ2) is 7.31. The number of hydrogen-bond acceptors (Lipinski definition) is 6. The van der Waals surface area contributed by atoms with Gasteiger partial charge in [0.2, 0.25) is 5.78 Å². The summed E-state index contributed by atoms with van der Waals surface area (Å²) >= 11 is 0. The Bertz CT molecular complexity index is 939. The smallest absolute Gasteiger partial charge is 0.311 e. The minimum absolute atomic E-state index is 0.0298. The molecule has 6 nitrogen and oxygen atoms in total. The van der Waals surface area contributed by atoms with Gasteiger partial charge in [-0.05, 0) is 43.3 Å². The number of ketones is 1. The first-order chi connectivity index (χ1) is 12.5. The van der Waals surface area contributed by atoms with Crippen molar-refractivity contribution < 1.29 is 28.6 Å². The molecule has 1 heterocycles. The van der Waals surface area contributed by atoms with Gasteiger partial charge in [-0.25, -0.2) is 0 Å². The SMILES string of the molecule is COc1ccc(C(=O)[C@@H](C)OC(=O)Cc2coc3cc(O)ccc23)cc1. The molecule has 2 aromatic carbocycles. The van der Waals surface area contributed by atoms with Crippen molar-refractivity contribution in [3.05, 3.63) is 59.9 Å². The Morgan fingerprint density at radius 1 is 1.15 bits per heavy atom. The zero-order valence-corrected chi connectivity index (χ0v) is 14.4. The lowest BCUT2D eigenvalue weighted by atomic mass is 10.1. The Labute approximate surface area is 149 Å². The number of Topliss-reactive ketones (excluding diaryl/α,β-unsaturated/α-hetero) is 1. The maximum Gasteiger partial charge on any atom is 0.311 e. The summed E-state index contributed by atoms with van der Waals surface area (Å²) in [6.07, 6.45) is 0.511. The van der Waals surface area contributed by atoms with E-state index < -0.39 is 12.1 Å². The van der Waals surface area contributed by atoms with Gasteiger partial charge in [-0.1, -0.05) is 0 Å². The summed E-state index contributed by atoms with van der Waals surface area (Å²) in [5.41, 5.74) is 1.56. The Kier molecular flexibility index (Phi) is 4.93. The number of benzene rings is 2. The van der Waals surface area contributed by atoms with Crippen molar-refractivity contribution in [3.63, 3.8) is 0 Å². The number of esters is 1. The van der Waals surface area contributed by atoms with Crippen molar-refractivity contribution in [1.82, 2.24) is 0 Å². The van der Waals surface area contributed by atoms with E-state index in [0.29, 0.717) is 27.8 Å². The Hall–Kier alpha value is -3.28. The van der Waals surface area contributed by atoms with Gasteiger partial charge >= 0.3 is 5.97 Å². The van der Waals surface area contributed by atoms with Crippen molar-refractivity contribution in [2.24, 2.45) is 0 Å². The first-order valence-corrected chi connectivity index (χ1v) is 8.05. The first kappa shape index (κ1) is 17.5. The standard InChI is InChI=1S/C20H18O6/c1-12(20(23)13-3-6-16(24-2)7-4-13)26-19(22)9-14-11-25-18-10-15(21)5-8-17(14)18/h3-8,10-12,21H,9H2,1-2H3/t12-/m1/s1. The molecule has 0 bridgehead atoms. The van der Waals surface area contributed by atoms with Gasteiger partial charge in [-0.2, -0.15) is 0 Å². The molecule has 0 fully saturated rings. The summed E-state index contributed by atoms with van der Waals surface area (Å²) in [5.74, 6) is -0.0955. The highest BCUT2D eigenvalue weighted by Crippen LogP contribution is 2.25. The average molecular weight is 354 g/mol. The maximum absolute atomic E-state index is 12.4. The largest absolute Gasteiger partial charge is 0.508 e. The molecule has 1 N–H and O–H groups in total. The van der Waals surface area contributed by atoms with E-state index in [-0.39, 0.29) is 18.0 Å². The Morgan fingerprint density at radius 2 is 1.88 bits per heavy atom. The van der Waals surface area contributed by atoms with Crippen LogP contribution >= 0.6 is 0 Å². The highest BCUT2D eigenvalue weighted by molar-refractivity contribution is 6.00. The second-order valence-electron chi connectivity index (χ2n) is 5.84. The summed E-state index contributed by atoms with van der Waals surface area (Å²) in [6.45, 7) is 1.54. The molecule has 0 saturated carbocycles. The third-order valence-corrected chi connectivity index (χ3v) is 4.03. The number of ether oxygens (including phenoxy) is 2. The minimum atomic E-state index is -0.905. The molecule has 3 rings (SSSR count). The Balaban J connectivity index is 1.65. The van der Waals surface area contributed by atoms with Crippen LogP contribution in [0.2, 0.25) is 0 Å². The van der Waals surface area contributed by atoms with Crippen LogP contribution in [0.15, 0.2) is 53.1 Å². The normalized spacial score (nSPS) is 11.9. The van der Waals surface area contributed by atoms with Gasteiger partial charge < -0.3 is 19.0 Å². The number of fused-ring (bicyclic) bond motifs is 1. The van der Waals surface area contributed by atoms with E-state index >= 15 is 0 Å². The van der Waals surface area contributed by atoms with Crippen LogP contribution in [0.3, 0.4) is 0 Å². The van der Waals surface area contributed by atoms with Gasteiger partial charge in [0.25, 0.3) is 0 Å². The third-order valence-electron chi connectivity index (χ3n) is 4.03. The molecule has 6 heteroatoms. The van der Waals surface area contributed by atoms with Crippen molar-refractivity contribution in [3.8, 4) is 11.5 Å². The lowest BCUT2D eigenvalue weighted by Crippen LogP contribution is -2.25. The van der Waals surface area contributed by atoms with Crippen LogP contribution in [0.1, 0.15) is 22.8 Å². The molecule has 1 aromatic heterocycles. The monoisotopic (exact) mass is 354 g/mol. The average Bonchev–Trinajstić information content (AvgIpc) is 3.02. The van der Waals surface area contributed by atoms with E-state index in [1.165, 1.54) is 25.3 Å². The number of hydrogen-bond donors (Lipinski definition) is 1. The van der Waals surface area contributed by atoms with Crippen molar-refractivity contribution in [2.45, 2.75) is 19.4 Å². The molecule has 0 aliphatic carbocycles. The number of phenolic OH excluding ortho intramolecular Hbond substituents is 1. The number of rotatable bonds is 6. The van der Waals surface area contributed by atoms with Crippen LogP contribution < -0.4 is 4.74 Å². The van der Waals surface area contributed by atoms with Crippen molar-refractivity contribution >= 4 is 22.7 Å². The van der Waals surface area contributed by atoms with Gasteiger partial charge in [0.1, 0.15) is 17.1 Å². The van der Waals surface area contributed by atoms with E-state index in [9.17, 15) is 14.7 Å². The van der Waals surface area contributed by atoms with Crippen molar-refractivity contribution in [1.29, 1.82) is 0 Å². The number of phenols is 1. The lowest BCUT2D eigenvalue weighted by molar-refractivity contribution is -0.145. The fourth-order valence-electron chi connectivity index (χ4n) is 2.65. The van der Waals surface area contributed by atoms with Gasteiger partial charge in [-0.15, -0.1) is 0 Å². The van der Waals surface area contributed by atoms with Crippen LogP contribution in [0.25, 0.3) is 11.0 Å². The molecule has 26 heavy (non-hydrogen) atoms. The Morgan fingerprint density at radius 3 is 2.58 bits per heavy atom. The number of carbonyl (C=O) groups excluding carboxylic acids is 2. The summed E-state index contributed by atoms with van der Waals surface area (Å²) in [4.78, 5) is 24.5. The van der Waals surface area contributed by atoms with E-state index in [1.54, 1.807) is 37.4 Å². The molecule has 1 atom stereocenters. The zero-order chi connectivity index (χ0) is 18.7. The van der Waals surface area contributed by atoms with Crippen LogP contribution in [0.4, 0.5) is 0 Å². The van der Waals surface area contributed by atoms with Crippen LogP contribution in [0.5, 0.6) is 11.5 Å². The molecule has 0 saturated heterocycles. The molecule has 0 amide bonds. The summed E-state index contributed by atoms with van der Waals surface area (Å²) in [7, 11) is 1.54. The summed E-state index contributed by atoms with van der Waals surface area (Å²) in [6, 6.07) is 11.3. The molecule has 0 aliphatic rings. The molecule has 0 radical (unpaired) electrons. The molecule has 0 spiro atoms. The van der Waals surface area contributed by atoms with E-state index in [0.717, 1.165) is 0 Å². The fraction of sp³-hybridized carbons (Fsp3) is 0.200. The minimum Gasteiger partial charge on any atom is -0.508 e. The van der Waals surface area contributed by atoms with E-state index in [2.05, 4.69) is 0 Å². The van der Waals surface area contributed by atoms with Gasteiger partial charge in [0.05, 0.1) is 19.8 Å². The van der Waals surface area contributed by atoms with Crippen LogP contribution in [-0.4, -0.2) is 30.1 Å². The van der Waals surface area contributed by atoms with Gasteiger partial charge in [-0.3, -0.25) is 9.59 Å². The molecule has 0 unspecified atom stereocenters. The summed E-state index contributed by atoms with van der Waals surface area (Å²) in [5, 5.41) is 10.2. The molecule has 0 aliphatic heterocycles. The van der Waals surface area contributed by atoms with Crippen LogP contribution in [-0.2, 0) is 16.0 Å². The van der Waals surface area contributed by atoms with Crippen LogP contribution in [0, 0.1) is 0 Å². The van der Waals surface area contributed by atoms with Gasteiger partial charge in [0.15, 0.2) is 6.10 Å². The second-order valence-corrected chi connectivity index (χ2v) is 5.84. The zero-order valence-electron chi connectivity index (χ0n) is 14.4. The quantitative estimate of drug-likeness (QED) is 0.538. The number of aromatic hydroxyl groups is 1. The molecular formula is C20H18O6. The first-order valence-electron chi connectivity index (χ1n) is 8.05. The number of methoxy groups -OCH3 is 1. The fourth-order valence-corrected chi connectivity index (χ4v) is 2.65. The van der Waals surface area contributed by atoms with E-state index in [4.69, 9.17) is 13.9 Å². The molecular weight excluding hydrogens is 336 g/mol. The predicted molar refractivity (Wildman–Crippen MR) is 94.5 cm³/mol. The van der Waals surface area contributed by atoms with Gasteiger partial charge in [0, 0.05) is 22.6 Å². The topological polar surface area (TPSA) is 86.0 Å². The molecule has 134 valence electrons. The number of carbonyl (C=O) groups is 2. The highest BCUT2D eigenvalue weighted by Gasteiger charge is 2.21. The third kappa shape index (κ3) is 3.69. The predicted octanol–water partition coefficient (Wildman–Crippen LogP) is 3.50. The maximum atomic E-state index is 12.4. The van der Waals surface area contributed by atoms with E-state index in [1.807, 2.05) is 0 Å². The van der Waals surface area contributed by atoms with Crippen molar-refractivity contribution in [2.75, 3.05) is 7.11 Å². The lowest BCUT2D eigenvalue weighted by Gasteiger charge is -2.12. The molecule has 3 aromatic rings.